The van der Waals surface area contributed by atoms with Gasteiger partial charge in [-0.15, -0.1) is 0 Å². The van der Waals surface area contributed by atoms with Crippen LogP contribution in [0, 0.1) is 5.82 Å². The number of nitrogen functional groups attached to an aromatic ring is 1. The molecule has 1 rings (SSSR count). The number of likely N-dealkylation sites (N-methyl/N-ethyl adjacent to an activating group) is 1. The van der Waals surface area contributed by atoms with E-state index < -0.39 is 15.8 Å². The van der Waals surface area contributed by atoms with E-state index in [9.17, 15) is 12.8 Å². The minimum atomic E-state index is -3.90. The highest BCUT2D eigenvalue weighted by molar-refractivity contribution is 7.89. The summed E-state index contributed by atoms with van der Waals surface area (Å²) in [5.74, 6) is -0.844. The Bertz CT molecular complexity index is 534. The zero-order chi connectivity index (χ0) is 14.6. The molecule has 0 bridgehead atoms. The van der Waals surface area contributed by atoms with Crippen LogP contribution in [0.1, 0.15) is 13.8 Å². The van der Waals surface area contributed by atoms with Gasteiger partial charge in [0, 0.05) is 25.4 Å². The second-order valence-electron chi connectivity index (χ2n) is 4.20. The molecule has 108 valence electrons. The molecule has 0 fully saturated rings. The Morgan fingerprint density at radius 1 is 1.47 bits per heavy atom. The maximum absolute atomic E-state index is 13.8. The fraction of sp³-hybridized carbons (Fsp3) is 0.500. The first kappa shape index (κ1) is 15.9. The average molecular weight is 290 g/mol. The van der Waals surface area contributed by atoms with E-state index in [1.807, 2.05) is 0 Å². The summed E-state index contributed by atoms with van der Waals surface area (Å²) in [6.45, 7) is 3.87. The maximum Gasteiger partial charge on any atom is 0.246 e. The van der Waals surface area contributed by atoms with Crippen molar-refractivity contribution in [3.8, 4) is 0 Å². The van der Waals surface area contributed by atoms with Gasteiger partial charge in [0.25, 0.3) is 0 Å². The number of sulfonamides is 1. The molecule has 0 aliphatic heterocycles. The van der Waals surface area contributed by atoms with Gasteiger partial charge in [0.05, 0.1) is 6.61 Å². The second kappa shape index (κ2) is 6.31. The lowest BCUT2D eigenvalue weighted by atomic mass is 10.3. The van der Waals surface area contributed by atoms with Crippen molar-refractivity contribution >= 4 is 15.7 Å². The van der Waals surface area contributed by atoms with Crippen LogP contribution in [0.25, 0.3) is 0 Å². The summed E-state index contributed by atoms with van der Waals surface area (Å²) < 4.78 is 44.7. The number of anilines is 1. The molecular weight excluding hydrogens is 271 g/mol. The summed E-state index contributed by atoms with van der Waals surface area (Å²) >= 11 is 0. The van der Waals surface area contributed by atoms with Gasteiger partial charge < -0.3 is 10.5 Å². The fourth-order valence-corrected chi connectivity index (χ4v) is 3.57. The predicted octanol–water partition coefficient (Wildman–Crippen LogP) is 1.45. The topological polar surface area (TPSA) is 72.6 Å². The van der Waals surface area contributed by atoms with Crippen LogP contribution in [0.3, 0.4) is 0 Å². The van der Waals surface area contributed by atoms with Crippen molar-refractivity contribution in [2.75, 3.05) is 26.0 Å². The fourth-order valence-electron chi connectivity index (χ4n) is 1.90. The highest BCUT2D eigenvalue weighted by Gasteiger charge is 2.30. The van der Waals surface area contributed by atoms with Crippen LogP contribution in [0.5, 0.6) is 0 Å². The van der Waals surface area contributed by atoms with E-state index in [4.69, 9.17) is 10.5 Å². The van der Waals surface area contributed by atoms with Crippen LogP contribution in [0.4, 0.5) is 10.1 Å². The number of hydrogen-bond acceptors (Lipinski definition) is 4. The van der Waals surface area contributed by atoms with Crippen LogP contribution in [0.2, 0.25) is 0 Å². The van der Waals surface area contributed by atoms with Crippen LogP contribution < -0.4 is 5.73 Å². The van der Waals surface area contributed by atoms with Crippen molar-refractivity contribution in [3.63, 3.8) is 0 Å². The van der Waals surface area contributed by atoms with Crippen molar-refractivity contribution in [2.24, 2.45) is 0 Å². The number of hydrogen-bond donors (Lipinski definition) is 1. The smallest absolute Gasteiger partial charge is 0.246 e. The molecule has 5 nitrogen and oxygen atoms in total. The molecular formula is C12H19FN2O3S. The number of nitrogens with zero attached hydrogens (tertiary/aromatic N) is 1. The molecule has 1 aromatic rings. The Balaban J connectivity index is 3.20. The Kier molecular flexibility index (Phi) is 5.28. The molecule has 0 saturated heterocycles. The number of benzene rings is 1. The third-order valence-electron chi connectivity index (χ3n) is 2.75. The van der Waals surface area contributed by atoms with Crippen molar-refractivity contribution < 1.29 is 17.5 Å². The number of ether oxygens (including phenoxy) is 1. The normalized spacial score (nSPS) is 13.7. The van der Waals surface area contributed by atoms with Gasteiger partial charge >= 0.3 is 0 Å². The highest BCUT2D eigenvalue weighted by Crippen LogP contribution is 2.22. The molecule has 1 atom stereocenters. The van der Waals surface area contributed by atoms with Crippen LogP contribution in [-0.2, 0) is 14.8 Å². The lowest BCUT2D eigenvalue weighted by Crippen LogP contribution is -2.41. The molecule has 1 unspecified atom stereocenters. The Labute approximate surface area is 113 Å². The van der Waals surface area contributed by atoms with Crippen LogP contribution in [-0.4, -0.2) is 39.0 Å². The van der Waals surface area contributed by atoms with E-state index in [2.05, 4.69) is 0 Å². The minimum Gasteiger partial charge on any atom is -0.399 e. The van der Waals surface area contributed by atoms with Crippen molar-refractivity contribution in [1.82, 2.24) is 4.31 Å². The van der Waals surface area contributed by atoms with E-state index in [-0.39, 0.29) is 29.8 Å². The largest absolute Gasteiger partial charge is 0.399 e. The molecule has 0 heterocycles. The molecule has 0 amide bonds. The standard InChI is InChI=1S/C12H19FN2O3S/c1-4-15(9(2)8-18-3)19(16,17)12-6-5-10(14)7-11(12)13/h5-7,9H,4,8,14H2,1-3H3. The van der Waals surface area contributed by atoms with E-state index in [0.29, 0.717) is 0 Å². The summed E-state index contributed by atoms with van der Waals surface area (Å²) in [4.78, 5) is -0.369. The third kappa shape index (κ3) is 3.43. The average Bonchev–Trinajstić information content (AvgIpc) is 2.28. The van der Waals surface area contributed by atoms with Gasteiger partial charge in [0.2, 0.25) is 10.0 Å². The second-order valence-corrected chi connectivity index (χ2v) is 6.06. The van der Waals surface area contributed by atoms with Gasteiger partial charge in [-0.3, -0.25) is 0 Å². The zero-order valence-corrected chi connectivity index (χ0v) is 12.1. The number of nitrogens with two attached hydrogens (primary N) is 1. The maximum atomic E-state index is 13.8. The number of methoxy groups -OCH3 is 1. The minimum absolute atomic E-state index is 0.185. The lowest BCUT2D eigenvalue weighted by molar-refractivity contribution is 0.142. The molecule has 0 aliphatic rings. The summed E-state index contributed by atoms with van der Waals surface area (Å²) in [6.07, 6.45) is 0. The lowest BCUT2D eigenvalue weighted by Gasteiger charge is -2.26. The summed E-state index contributed by atoms with van der Waals surface area (Å²) in [5, 5.41) is 0. The molecule has 19 heavy (non-hydrogen) atoms. The first-order valence-corrected chi connectivity index (χ1v) is 7.34. The molecule has 0 radical (unpaired) electrons. The molecule has 0 aliphatic carbocycles. The number of halogens is 1. The highest BCUT2D eigenvalue weighted by atomic mass is 32.2. The van der Waals surface area contributed by atoms with Crippen molar-refractivity contribution in [1.29, 1.82) is 0 Å². The first-order valence-electron chi connectivity index (χ1n) is 5.90. The van der Waals surface area contributed by atoms with E-state index in [1.165, 1.54) is 23.5 Å². The van der Waals surface area contributed by atoms with Crippen LogP contribution in [0.15, 0.2) is 23.1 Å². The van der Waals surface area contributed by atoms with Crippen LogP contribution >= 0.6 is 0 Å². The van der Waals surface area contributed by atoms with E-state index >= 15 is 0 Å². The van der Waals surface area contributed by atoms with Gasteiger partial charge in [-0.1, -0.05) is 6.92 Å². The molecule has 0 spiro atoms. The predicted molar refractivity (Wildman–Crippen MR) is 71.7 cm³/mol. The van der Waals surface area contributed by atoms with Gasteiger partial charge in [0.1, 0.15) is 10.7 Å². The molecule has 0 saturated carbocycles. The molecule has 2 N–H and O–H groups in total. The Morgan fingerprint density at radius 3 is 2.58 bits per heavy atom. The van der Waals surface area contributed by atoms with Gasteiger partial charge in [0.15, 0.2) is 0 Å². The summed E-state index contributed by atoms with van der Waals surface area (Å²) in [7, 11) is -2.41. The molecule has 1 aromatic carbocycles. The summed E-state index contributed by atoms with van der Waals surface area (Å²) in [5.41, 5.74) is 5.60. The SMILES string of the molecule is CCN(C(C)COC)S(=O)(=O)c1ccc(N)cc1F. The van der Waals surface area contributed by atoms with Gasteiger partial charge in [-0.2, -0.15) is 4.31 Å². The van der Waals surface area contributed by atoms with E-state index in [0.717, 1.165) is 6.07 Å². The third-order valence-corrected chi connectivity index (χ3v) is 4.88. The van der Waals surface area contributed by atoms with Gasteiger partial charge in [-0.05, 0) is 25.1 Å². The van der Waals surface area contributed by atoms with Crippen molar-refractivity contribution in [2.45, 2.75) is 24.8 Å². The monoisotopic (exact) mass is 290 g/mol. The quantitative estimate of drug-likeness (QED) is 0.805. The zero-order valence-electron chi connectivity index (χ0n) is 11.3. The Hall–Kier alpha value is -1.18. The van der Waals surface area contributed by atoms with E-state index in [1.54, 1.807) is 13.8 Å². The van der Waals surface area contributed by atoms with Crippen molar-refractivity contribution in [3.05, 3.63) is 24.0 Å². The first-order chi connectivity index (χ1) is 8.84. The Morgan fingerprint density at radius 2 is 2.11 bits per heavy atom. The summed E-state index contributed by atoms with van der Waals surface area (Å²) in [6, 6.07) is 3.17. The number of rotatable bonds is 6. The van der Waals surface area contributed by atoms with Gasteiger partial charge in [-0.25, -0.2) is 12.8 Å². The molecule has 7 heteroatoms. The molecule has 0 aromatic heterocycles.